The molecule has 1 atom stereocenters. The van der Waals surface area contributed by atoms with Crippen molar-refractivity contribution in [2.24, 2.45) is 7.05 Å². The molecular weight excluding hydrogens is 338 g/mol. The van der Waals surface area contributed by atoms with Gasteiger partial charge in [0.15, 0.2) is 0 Å². The zero-order valence-electron chi connectivity index (χ0n) is 14.2. The van der Waals surface area contributed by atoms with E-state index < -0.39 is 0 Å². The molecule has 0 unspecified atom stereocenters. The number of amides is 1. The van der Waals surface area contributed by atoms with E-state index >= 15 is 0 Å². The first kappa shape index (κ1) is 17.7. The lowest BCUT2D eigenvalue weighted by atomic mass is 10.1. The van der Waals surface area contributed by atoms with Crippen LogP contribution in [-0.2, 0) is 7.05 Å². The van der Waals surface area contributed by atoms with Crippen LogP contribution in [0.2, 0.25) is 5.02 Å². The summed E-state index contributed by atoms with van der Waals surface area (Å²) in [7, 11) is 1.66. The van der Waals surface area contributed by atoms with Gasteiger partial charge in [-0.05, 0) is 49.7 Å². The Kier molecular flexibility index (Phi) is 5.56. The van der Waals surface area contributed by atoms with Crippen LogP contribution < -0.4 is 10.9 Å². The number of rotatable bonds is 5. The van der Waals surface area contributed by atoms with E-state index in [1.54, 1.807) is 19.3 Å². The SMILES string of the molecule is Cn1ccc(C(=O)NC[C@H](c2cccc(Cl)c2)N2CCCC2)cc1=O. The van der Waals surface area contributed by atoms with Gasteiger partial charge in [-0.2, -0.15) is 0 Å². The predicted octanol–water partition coefficient (Wildman–Crippen LogP) is 2.61. The highest BCUT2D eigenvalue weighted by Crippen LogP contribution is 2.26. The first-order valence-corrected chi connectivity index (χ1v) is 8.87. The Hall–Kier alpha value is -2.11. The van der Waals surface area contributed by atoms with Crippen molar-refractivity contribution in [1.29, 1.82) is 0 Å². The number of aromatic nitrogens is 1. The number of hydrogen-bond donors (Lipinski definition) is 1. The number of pyridine rings is 1. The average Bonchev–Trinajstić information content (AvgIpc) is 3.12. The van der Waals surface area contributed by atoms with Gasteiger partial charge >= 0.3 is 0 Å². The Bertz CT molecular complexity index is 812. The minimum atomic E-state index is -0.232. The molecule has 0 spiro atoms. The van der Waals surface area contributed by atoms with Gasteiger partial charge in [-0.3, -0.25) is 14.5 Å². The zero-order chi connectivity index (χ0) is 17.8. The topological polar surface area (TPSA) is 54.3 Å². The maximum absolute atomic E-state index is 12.4. The lowest BCUT2D eigenvalue weighted by molar-refractivity contribution is 0.0937. The van der Waals surface area contributed by atoms with Gasteiger partial charge in [0, 0.05) is 36.4 Å². The summed E-state index contributed by atoms with van der Waals surface area (Å²) in [6, 6.07) is 10.9. The molecule has 1 aromatic heterocycles. The van der Waals surface area contributed by atoms with Crippen LogP contribution in [0.15, 0.2) is 47.4 Å². The molecule has 0 radical (unpaired) electrons. The van der Waals surface area contributed by atoms with Gasteiger partial charge in [0.1, 0.15) is 0 Å². The van der Waals surface area contributed by atoms with Crippen molar-refractivity contribution in [2.75, 3.05) is 19.6 Å². The summed E-state index contributed by atoms with van der Waals surface area (Å²) in [5.74, 6) is -0.232. The Labute approximate surface area is 152 Å². The molecule has 0 saturated carbocycles. The van der Waals surface area contributed by atoms with Gasteiger partial charge < -0.3 is 9.88 Å². The number of likely N-dealkylation sites (tertiary alicyclic amines) is 1. The van der Waals surface area contributed by atoms with Crippen LogP contribution in [0.3, 0.4) is 0 Å². The lowest BCUT2D eigenvalue weighted by Crippen LogP contribution is -2.37. The smallest absolute Gasteiger partial charge is 0.251 e. The maximum atomic E-state index is 12.4. The number of halogens is 1. The van der Waals surface area contributed by atoms with Crippen molar-refractivity contribution in [2.45, 2.75) is 18.9 Å². The van der Waals surface area contributed by atoms with Crippen LogP contribution in [0.4, 0.5) is 0 Å². The van der Waals surface area contributed by atoms with Crippen LogP contribution in [-0.4, -0.2) is 35.0 Å². The van der Waals surface area contributed by atoms with Crippen molar-refractivity contribution >= 4 is 17.5 Å². The van der Waals surface area contributed by atoms with Gasteiger partial charge in [0.2, 0.25) is 0 Å². The number of carbonyl (C=O) groups is 1. The Morgan fingerprint density at radius 3 is 2.68 bits per heavy atom. The Balaban J connectivity index is 1.75. The molecule has 1 N–H and O–H groups in total. The number of nitrogens with zero attached hydrogens (tertiary/aromatic N) is 2. The molecule has 2 heterocycles. The number of benzene rings is 1. The molecule has 2 aromatic rings. The average molecular weight is 360 g/mol. The van der Waals surface area contributed by atoms with Crippen LogP contribution in [0.25, 0.3) is 0 Å². The highest BCUT2D eigenvalue weighted by molar-refractivity contribution is 6.30. The fourth-order valence-corrected chi connectivity index (χ4v) is 3.40. The largest absolute Gasteiger partial charge is 0.350 e. The summed E-state index contributed by atoms with van der Waals surface area (Å²) in [6.45, 7) is 2.51. The summed E-state index contributed by atoms with van der Waals surface area (Å²) in [6.07, 6.45) is 3.94. The number of aryl methyl sites for hydroxylation is 1. The van der Waals surface area contributed by atoms with Crippen LogP contribution in [0, 0.1) is 0 Å². The monoisotopic (exact) mass is 359 g/mol. The molecule has 1 fully saturated rings. The molecule has 25 heavy (non-hydrogen) atoms. The Morgan fingerprint density at radius 1 is 1.24 bits per heavy atom. The highest BCUT2D eigenvalue weighted by atomic mass is 35.5. The first-order valence-electron chi connectivity index (χ1n) is 8.49. The molecular formula is C19H22ClN3O2. The highest BCUT2D eigenvalue weighted by Gasteiger charge is 2.24. The summed E-state index contributed by atoms with van der Waals surface area (Å²) in [4.78, 5) is 26.5. The van der Waals surface area contributed by atoms with E-state index in [-0.39, 0.29) is 17.5 Å². The third-order valence-corrected chi connectivity index (χ3v) is 4.87. The number of nitrogens with one attached hydrogen (secondary N) is 1. The van der Waals surface area contributed by atoms with Crippen LogP contribution in [0.5, 0.6) is 0 Å². The quantitative estimate of drug-likeness (QED) is 0.892. The summed E-state index contributed by atoms with van der Waals surface area (Å²) < 4.78 is 1.44. The minimum Gasteiger partial charge on any atom is -0.350 e. The fraction of sp³-hybridized carbons (Fsp3) is 0.368. The van der Waals surface area contributed by atoms with E-state index in [0.29, 0.717) is 17.1 Å². The molecule has 0 bridgehead atoms. The van der Waals surface area contributed by atoms with E-state index in [1.807, 2.05) is 24.3 Å². The van der Waals surface area contributed by atoms with Crippen molar-refractivity contribution in [3.05, 3.63) is 69.1 Å². The molecule has 3 rings (SSSR count). The van der Waals surface area contributed by atoms with E-state index in [9.17, 15) is 9.59 Å². The molecule has 1 amide bonds. The molecule has 5 nitrogen and oxygen atoms in total. The standard InChI is InChI=1S/C19H22ClN3O2/c1-22-10-7-15(12-18(22)24)19(25)21-13-17(23-8-2-3-9-23)14-5-4-6-16(20)11-14/h4-7,10-12,17H,2-3,8-9,13H2,1H3,(H,21,25)/t17-/m1/s1. The molecule has 1 aliphatic rings. The predicted molar refractivity (Wildman–Crippen MR) is 99.0 cm³/mol. The van der Waals surface area contributed by atoms with Crippen molar-refractivity contribution in [3.63, 3.8) is 0 Å². The molecule has 1 aromatic carbocycles. The minimum absolute atomic E-state index is 0.0803. The fourth-order valence-electron chi connectivity index (χ4n) is 3.21. The van der Waals surface area contributed by atoms with Gasteiger partial charge in [-0.1, -0.05) is 23.7 Å². The third kappa shape index (κ3) is 4.30. The lowest BCUT2D eigenvalue weighted by Gasteiger charge is -2.28. The summed E-state index contributed by atoms with van der Waals surface area (Å²) >= 11 is 6.14. The van der Waals surface area contributed by atoms with Gasteiger partial charge in [0.05, 0.1) is 6.04 Å². The summed E-state index contributed by atoms with van der Waals surface area (Å²) in [5, 5.41) is 3.66. The number of carbonyl (C=O) groups excluding carboxylic acids is 1. The van der Waals surface area contributed by atoms with Crippen molar-refractivity contribution in [3.8, 4) is 0 Å². The van der Waals surface area contributed by atoms with Gasteiger partial charge in [0.25, 0.3) is 11.5 Å². The normalized spacial score (nSPS) is 15.9. The van der Waals surface area contributed by atoms with Gasteiger partial charge in [-0.15, -0.1) is 0 Å². The second kappa shape index (κ2) is 7.85. The summed E-state index contributed by atoms with van der Waals surface area (Å²) in [5.41, 5.74) is 1.28. The van der Waals surface area contributed by atoms with Crippen molar-refractivity contribution < 1.29 is 4.79 Å². The number of hydrogen-bond acceptors (Lipinski definition) is 3. The van der Waals surface area contributed by atoms with E-state index in [4.69, 9.17) is 11.6 Å². The molecule has 0 aliphatic carbocycles. The second-order valence-electron chi connectivity index (χ2n) is 6.39. The maximum Gasteiger partial charge on any atom is 0.251 e. The molecule has 1 saturated heterocycles. The van der Waals surface area contributed by atoms with Gasteiger partial charge in [-0.25, -0.2) is 0 Å². The third-order valence-electron chi connectivity index (χ3n) is 4.64. The van der Waals surface area contributed by atoms with Crippen LogP contribution in [0.1, 0.15) is 34.8 Å². The van der Waals surface area contributed by atoms with E-state index in [2.05, 4.69) is 10.2 Å². The van der Waals surface area contributed by atoms with E-state index in [0.717, 1.165) is 18.7 Å². The molecule has 6 heteroatoms. The van der Waals surface area contributed by atoms with Crippen LogP contribution >= 0.6 is 11.6 Å². The van der Waals surface area contributed by atoms with E-state index in [1.165, 1.54) is 23.5 Å². The first-order chi connectivity index (χ1) is 12.0. The molecule has 1 aliphatic heterocycles. The molecule has 132 valence electrons. The zero-order valence-corrected chi connectivity index (χ0v) is 15.0. The Morgan fingerprint density at radius 2 is 2.00 bits per heavy atom. The van der Waals surface area contributed by atoms with Crippen molar-refractivity contribution in [1.82, 2.24) is 14.8 Å². The second-order valence-corrected chi connectivity index (χ2v) is 6.82.